The molecule has 112 valence electrons. The number of Topliss-reactive ketones (excluding diaryl/α,β-unsaturated/α-hetero) is 1. The molecule has 1 heterocycles. The highest BCUT2D eigenvalue weighted by atomic mass is 35.5. The lowest BCUT2D eigenvalue weighted by Gasteiger charge is -2.27. The molecule has 0 amide bonds. The van der Waals surface area contributed by atoms with Crippen LogP contribution in [0.3, 0.4) is 0 Å². The van der Waals surface area contributed by atoms with Crippen molar-refractivity contribution in [1.29, 1.82) is 0 Å². The van der Waals surface area contributed by atoms with Gasteiger partial charge in [0.15, 0.2) is 5.78 Å². The van der Waals surface area contributed by atoms with Gasteiger partial charge < -0.3 is 10.4 Å². The van der Waals surface area contributed by atoms with Gasteiger partial charge in [0, 0.05) is 11.4 Å². The third-order valence-electron chi connectivity index (χ3n) is 4.25. The Kier molecular flexibility index (Phi) is 3.84. The molecule has 3 unspecified atom stereocenters. The monoisotopic (exact) mass is 327 g/mol. The third kappa shape index (κ3) is 3.01. The van der Waals surface area contributed by atoms with E-state index in [1.807, 2.05) is 6.07 Å². The highest BCUT2D eigenvalue weighted by Gasteiger charge is 2.45. The Balaban J connectivity index is 1.66. The average Bonchev–Trinajstić information content (AvgIpc) is 3.17. The molecule has 0 radical (unpaired) electrons. The number of hydrogen-bond acceptors (Lipinski definition) is 3. The van der Waals surface area contributed by atoms with Crippen LogP contribution < -0.4 is 5.32 Å². The van der Waals surface area contributed by atoms with Gasteiger partial charge in [-0.1, -0.05) is 23.2 Å². The van der Waals surface area contributed by atoms with Gasteiger partial charge in [0.2, 0.25) is 0 Å². The quantitative estimate of drug-likeness (QED) is 0.889. The number of halogens is 2. The van der Waals surface area contributed by atoms with Gasteiger partial charge in [-0.25, -0.2) is 0 Å². The summed E-state index contributed by atoms with van der Waals surface area (Å²) >= 11 is 12.1. The minimum absolute atomic E-state index is 0.00103. The molecular formula is C15H15Cl2NO3. The maximum atomic E-state index is 12.3. The van der Waals surface area contributed by atoms with Crippen molar-refractivity contribution in [2.75, 3.05) is 5.32 Å². The maximum absolute atomic E-state index is 12.3. The Bertz CT molecular complexity index is 617. The van der Waals surface area contributed by atoms with Crippen LogP contribution in [0.5, 0.6) is 0 Å². The standard InChI is InChI=1S/C15H15Cl2NO3/c16-9-3-7-1-2-12(18-14(7)11(17)6-9)13(19)5-8-4-10(8)15(20)21/h3,6,8,10,12,18H,1-2,4-5H2,(H,20,21). The fraction of sp³-hybridized carbons (Fsp3) is 0.467. The first-order valence-corrected chi connectivity index (χ1v) is 7.71. The Morgan fingerprint density at radius 3 is 2.76 bits per heavy atom. The van der Waals surface area contributed by atoms with E-state index in [1.165, 1.54) is 0 Å². The summed E-state index contributed by atoms with van der Waals surface area (Å²) in [6.07, 6.45) is 2.37. The number of fused-ring (bicyclic) bond motifs is 1. The van der Waals surface area contributed by atoms with Gasteiger partial charge in [0.1, 0.15) is 0 Å². The van der Waals surface area contributed by atoms with E-state index in [0.29, 0.717) is 29.3 Å². The largest absolute Gasteiger partial charge is 0.481 e. The second-order valence-corrected chi connectivity index (χ2v) is 6.61. The van der Waals surface area contributed by atoms with Crippen LogP contribution in [0.4, 0.5) is 5.69 Å². The number of benzene rings is 1. The number of aryl methyl sites for hydroxylation is 1. The zero-order chi connectivity index (χ0) is 15.1. The van der Waals surface area contributed by atoms with E-state index >= 15 is 0 Å². The number of rotatable bonds is 4. The van der Waals surface area contributed by atoms with E-state index in [1.54, 1.807) is 6.07 Å². The van der Waals surface area contributed by atoms with Crippen LogP contribution >= 0.6 is 23.2 Å². The molecule has 2 N–H and O–H groups in total. The molecule has 0 aromatic heterocycles. The molecule has 1 fully saturated rings. The smallest absolute Gasteiger partial charge is 0.306 e. The Morgan fingerprint density at radius 1 is 1.33 bits per heavy atom. The highest BCUT2D eigenvalue weighted by molar-refractivity contribution is 6.36. The minimum Gasteiger partial charge on any atom is -0.481 e. The van der Waals surface area contributed by atoms with Crippen molar-refractivity contribution in [2.24, 2.45) is 11.8 Å². The van der Waals surface area contributed by atoms with Crippen molar-refractivity contribution in [2.45, 2.75) is 31.7 Å². The van der Waals surface area contributed by atoms with E-state index in [4.69, 9.17) is 28.3 Å². The zero-order valence-corrected chi connectivity index (χ0v) is 12.7. The topological polar surface area (TPSA) is 66.4 Å². The minimum atomic E-state index is -0.799. The molecule has 3 rings (SSSR count). The summed E-state index contributed by atoms with van der Waals surface area (Å²) in [5, 5.41) is 13.2. The first kappa shape index (κ1) is 14.7. The Labute approximate surface area is 132 Å². The average molecular weight is 328 g/mol. The van der Waals surface area contributed by atoms with Gasteiger partial charge in [0.05, 0.1) is 22.7 Å². The molecule has 1 aliphatic carbocycles. The molecule has 1 aliphatic heterocycles. The normalized spacial score (nSPS) is 26.7. The van der Waals surface area contributed by atoms with Crippen LogP contribution in [0, 0.1) is 11.8 Å². The summed E-state index contributed by atoms with van der Waals surface area (Å²) in [5.41, 5.74) is 1.79. The van der Waals surface area contributed by atoms with E-state index in [0.717, 1.165) is 17.7 Å². The summed E-state index contributed by atoms with van der Waals surface area (Å²) < 4.78 is 0. The summed E-state index contributed by atoms with van der Waals surface area (Å²) in [5.74, 6) is -1.07. The molecule has 2 aliphatic rings. The zero-order valence-electron chi connectivity index (χ0n) is 11.2. The van der Waals surface area contributed by atoms with Crippen LogP contribution in [-0.2, 0) is 16.0 Å². The first-order valence-electron chi connectivity index (χ1n) is 6.95. The van der Waals surface area contributed by atoms with Crippen LogP contribution in [0.15, 0.2) is 12.1 Å². The predicted molar refractivity (Wildman–Crippen MR) is 81.1 cm³/mol. The number of carboxylic acid groups (broad SMARTS) is 1. The van der Waals surface area contributed by atoms with Gasteiger partial charge in [-0.05, 0) is 42.9 Å². The van der Waals surface area contributed by atoms with Gasteiger partial charge >= 0.3 is 5.97 Å². The number of carbonyl (C=O) groups excluding carboxylic acids is 1. The molecule has 0 spiro atoms. The molecule has 3 atom stereocenters. The predicted octanol–water partition coefficient (Wildman–Crippen LogP) is 3.40. The van der Waals surface area contributed by atoms with Gasteiger partial charge in [-0.2, -0.15) is 0 Å². The van der Waals surface area contributed by atoms with E-state index in [2.05, 4.69) is 5.32 Å². The molecule has 4 nitrogen and oxygen atoms in total. The van der Waals surface area contributed by atoms with Crippen LogP contribution in [0.2, 0.25) is 10.0 Å². The van der Waals surface area contributed by atoms with Crippen molar-refractivity contribution in [1.82, 2.24) is 0 Å². The van der Waals surface area contributed by atoms with E-state index < -0.39 is 5.97 Å². The molecule has 0 bridgehead atoms. The lowest BCUT2D eigenvalue weighted by atomic mass is 9.93. The maximum Gasteiger partial charge on any atom is 0.306 e. The second-order valence-electron chi connectivity index (χ2n) is 5.77. The Hall–Kier alpha value is -1.26. The second kappa shape index (κ2) is 5.50. The lowest BCUT2D eigenvalue weighted by molar-refractivity contribution is -0.138. The summed E-state index contributed by atoms with van der Waals surface area (Å²) in [6, 6.07) is 3.23. The fourth-order valence-electron chi connectivity index (χ4n) is 2.95. The number of carboxylic acids is 1. The number of carbonyl (C=O) groups is 2. The lowest BCUT2D eigenvalue weighted by Crippen LogP contribution is -2.34. The molecule has 1 saturated carbocycles. The summed E-state index contributed by atoms with van der Waals surface area (Å²) in [6.45, 7) is 0. The molecule has 1 aromatic carbocycles. The van der Waals surface area contributed by atoms with Gasteiger partial charge in [-0.3, -0.25) is 9.59 Å². The van der Waals surface area contributed by atoms with Crippen molar-refractivity contribution >= 4 is 40.6 Å². The van der Waals surface area contributed by atoms with Crippen LogP contribution in [0.25, 0.3) is 0 Å². The summed E-state index contributed by atoms with van der Waals surface area (Å²) in [7, 11) is 0. The SMILES string of the molecule is O=C(CC1CC1C(=O)O)C1CCc2cc(Cl)cc(Cl)c2N1. The van der Waals surface area contributed by atoms with Crippen molar-refractivity contribution < 1.29 is 14.7 Å². The van der Waals surface area contributed by atoms with Crippen molar-refractivity contribution in [3.05, 3.63) is 27.7 Å². The first-order chi connectivity index (χ1) is 9.95. The Morgan fingerprint density at radius 2 is 2.10 bits per heavy atom. The molecule has 21 heavy (non-hydrogen) atoms. The van der Waals surface area contributed by atoms with Gasteiger partial charge in [-0.15, -0.1) is 0 Å². The molecular weight excluding hydrogens is 313 g/mol. The molecule has 0 saturated heterocycles. The summed E-state index contributed by atoms with van der Waals surface area (Å²) in [4.78, 5) is 23.1. The third-order valence-corrected chi connectivity index (χ3v) is 4.77. The van der Waals surface area contributed by atoms with Crippen molar-refractivity contribution in [3.8, 4) is 0 Å². The van der Waals surface area contributed by atoms with Crippen molar-refractivity contribution in [3.63, 3.8) is 0 Å². The van der Waals surface area contributed by atoms with Crippen LogP contribution in [-0.4, -0.2) is 22.9 Å². The van der Waals surface area contributed by atoms with E-state index in [-0.39, 0.29) is 23.7 Å². The number of hydrogen-bond donors (Lipinski definition) is 2. The van der Waals surface area contributed by atoms with Crippen LogP contribution in [0.1, 0.15) is 24.8 Å². The molecule has 1 aromatic rings. The molecule has 6 heteroatoms. The van der Waals surface area contributed by atoms with Gasteiger partial charge in [0.25, 0.3) is 0 Å². The number of ketones is 1. The highest BCUT2D eigenvalue weighted by Crippen LogP contribution is 2.42. The fourth-order valence-corrected chi connectivity index (χ4v) is 3.54. The number of aliphatic carboxylic acids is 1. The number of anilines is 1. The number of nitrogens with one attached hydrogen (secondary N) is 1. The van der Waals surface area contributed by atoms with E-state index in [9.17, 15) is 9.59 Å².